The Labute approximate surface area is 227 Å². The van der Waals surface area contributed by atoms with E-state index in [1.807, 2.05) is 73.7 Å². The molecule has 3 aromatic carbocycles. The summed E-state index contributed by atoms with van der Waals surface area (Å²) >= 11 is 0. The van der Waals surface area contributed by atoms with Crippen molar-refractivity contribution in [2.45, 2.75) is 82.6 Å². The maximum absolute atomic E-state index is 10.7. The van der Waals surface area contributed by atoms with Crippen molar-refractivity contribution in [3.05, 3.63) is 120 Å². The number of hydrogen-bond donors (Lipinski definition) is 1. The van der Waals surface area contributed by atoms with Gasteiger partial charge in [-0.05, 0) is 30.0 Å². The molecular weight excluding hydrogens is 476 g/mol. The molecule has 4 rings (SSSR count). The van der Waals surface area contributed by atoms with Crippen LogP contribution in [0.4, 0.5) is 0 Å². The molecule has 3 aromatic rings. The van der Waals surface area contributed by atoms with Gasteiger partial charge in [-0.15, -0.1) is 6.58 Å². The molecule has 0 radical (unpaired) electrons. The van der Waals surface area contributed by atoms with Crippen molar-refractivity contribution in [3.63, 3.8) is 0 Å². The second kappa shape index (κ2) is 15.0. The smallest absolute Gasteiger partial charge is 0.110 e. The highest BCUT2D eigenvalue weighted by atomic mass is 16.6. The van der Waals surface area contributed by atoms with Crippen LogP contribution >= 0.6 is 0 Å². The lowest BCUT2D eigenvalue weighted by Crippen LogP contribution is -2.54. The summed E-state index contributed by atoms with van der Waals surface area (Å²) in [5, 5.41) is 10.7. The molecule has 5 nitrogen and oxygen atoms in total. The van der Waals surface area contributed by atoms with Gasteiger partial charge in [0.25, 0.3) is 0 Å². The third kappa shape index (κ3) is 8.62. The maximum Gasteiger partial charge on any atom is 0.110 e. The zero-order valence-corrected chi connectivity index (χ0v) is 22.2. The quantitative estimate of drug-likeness (QED) is 0.257. The van der Waals surface area contributed by atoms with Gasteiger partial charge in [0, 0.05) is 12.8 Å². The highest BCUT2D eigenvalue weighted by molar-refractivity contribution is 5.15. The fourth-order valence-corrected chi connectivity index (χ4v) is 4.84. The minimum Gasteiger partial charge on any atom is -0.393 e. The first kappa shape index (κ1) is 28.2. The average molecular weight is 517 g/mol. The predicted octanol–water partition coefficient (Wildman–Crippen LogP) is 6.25. The first-order valence-corrected chi connectivity index (χ1v) is 13.5. The van der Waals surface area contributed by atoms with E-state index in [1.54, 1.807) is 6.08 Å². The highest BCUT2D eigenvalue weighted by Crippen LogP contribution is 2.32. The van der Waals surface area contributed by atoms with E-state index < -0.39 is 6.10 Å². The second-order valence-electron chi connectivity index (χ2n) is 9.96. The van der Waals surface area contributed by atoms with Gasteiger partial charge >= 0.3 is 0 Å². The molecule has 0 aromatic heterocycles. The molecule has 0 spiro atoms. The van der Waals surface area contributed by atoms with E-state index in [1.165, 1.54) is 0 Å². The number of ether oxygens (including phenoxy) is 4. The maximum atomic E-state index is 10.7. The fraction of sp³-hybridized carbons (Fsp3) is 0.394. The molecule has 1 saturated heterocycles. The van der Waals surface area contributed by atoms with E-state index in [9.17, 15) is 5.11 Å². The molecule has 1 heterocycles. The van der Waals surface area contributed by atoms with Gasteiger partial charge in [0.05, 0.1) is 50.3 Å². The van der Waals surface area contributed by atoms with Crippen molar-refractivity contribution in [3.8, 4) is 0 Å². The summed E-state index contributed by atoms with van der Waals surface area (Å²) in [4.78, 5) is 0. The summed E-state index contributed by atoms with van der Waals surface area (Å²) in [6, 6.07) is 30.4. The van der Waals surface area contributed by atoms with Crippen molar-refractivity contribution in [1.82, 2.24) is 0 Å². The lowest BCUT2D eigenvalue weighted by molar-refractivity contribution is -0.233. The number of benzene rings is 3. The van der Waals surface area contributed by atoms with Crippen molar-refractivity contribution < 1.29 is 24.1 Å². The first-order chi connectivity index (χ1) is 18.6. The molecule has 0 amide bonds. The minimum atomic E-state index is -0.575. The molecular formula is C33H40O5. The molecule has 0 bridgehead atoms. The molecule has 0 unspecified atom stereocenters. The van der Waals surface area contributed by atoms with Crippen molar-refractivity contribution in [2.75, 3.05) is 0 Å². The Kier molecular flexibility index (Phi) is 11.1. The van der Waals surface area contributed by atoms with Crippen LogP contribution in [0.3, 0.4) is 0 Å². The number of hydrogen-bond acceptors (Lipinski definition) is 5. The highest BCUT2D eigenvalue weighted by Gasteiger charge is 2.43. The lowest BCUT2D eigenvalue weighted by atomic mass is 9.91. The minimum absolute atomic E-state index is 0.160. The topological polar surface area (TPSA) is 57.2 Å². The molecule has 6 atom stereocenters. The Bertz CT molecular complexity index is 1060. The van der Waals surface area contributed by atoms with Gasteiger partial charge in [0.15, 0.2) is 0 Å². The van der Waals surface area contributed by atoms with Gasteiger partial charge in [-0.25, -0.2) is 0 Å². The van der Waals surface area contributed by atoms with E-state index in [-0.39, 0.29) is 30.5 Å². The third-order valence-electron chi connectivity index (χ3n) is 6.96. The molecule has 1 N–H and O–H groups in total. The van der Waals surface area contributed by atoms with Crippen LogP contribution in [-0.4, -0.2) is 41.7 Å². The molecule has 0 aliphatic carbocycles. The van der Waals surface area contributed by atoms with Crippen molar-refractivity contribution >= 4 is 0 Å². The summed E-state index contributed by atoms with van der Waals surface area (Å²) in [7, 11) is 0. The molecule has 1 fully saturated rings. The van der Waals surface area contributed by atoms with E-state index in [0.717, 1.165) is 16.7 Å². The van der Waals surface area contributed by atoms with Crippen LogP contribution in [0.25, 0.3) is 0 Å². The van der Waals surface area contributed by atoms with Gasteiger partial charge in [0.2, 0.25) is 0 Å². The predicted molar refractivity (Wildman–Crippen MR) is 149 cm³/mol. The number of aliphatic hydroxyl groups excluding tert-OH is 1. The van der Waals surface area contributed by atoms with Gasteiger partial charge in [-0.3, -0.25) is 0 Å². The second-order valence-corrected chi connectivity index (χ2v) is 9.96. The van der Waals surface area contributed by atoms with E-state index in [4.69, 9.17) is 18.9 Å². The van der Waals surface area contributed by atoms with E-state index in [2.05, 4.69) is 30.8 Å². The van der Waals surface area contributed by atoms with Crippen LogP contribution in [0.1, 0.15) is 42.9 Å². The number of aliphatic hydroxyl groups is 1. The summed E-state index contributed by atoms with van der Waals surface area (Å²) in [5.74, 6) is 0. The normalized spacial score (nSPS) is 23.0. The van der Waals surface area contributed by atoms with E-state index >= 15 is 0 Å². The SMILES string of the molecule is C=CC[C@H](O)C[C@H]1O[C@H]([C@H](C)OCc2ccccc2)C[C@H](OCc2ccccc2)[C@@H]1OCc1ccccc1. The zero-order chi connectivity index (χ0) is 26.6. The van der Waals surface area contributed by atoms with Gasteiger partial charge in [-0.1, -0.05) is 97.1 Å². The zero-order valence-electron chi connectivity index (χ0n) is 22.2. The van der Waals surface area contributed by atoms with Crippen LogP contribution in [0, 0.1) is 0 Å². The van der Waals surface area contributed by atoms with Crippen LogP contribution in [0.15, 0.2) is 104 Å². The van der Waals surface area contributed by atoms with Crippen LogP contribution < -0.4 is 0 Å². The summed E-state index contributed by atoms with van der Waals surface area (Å²) in [6.07, 6.45) is 1.45. The molecule has 5 heteroatoms. The van der Waals surface area contributed by atoms with Gasteiger partial charge < -0.3 is 24.1 Å². The van der Waals surface area contributed by atoms with Crippen LogP contribution in [-0.2, 0) is 38.8 Å². The Morgan fingerprint density at radius 2 is 1.37 bits per heavy atom. The van der Waals surface area contributed by atoms with Gasteiger partial charge in [0.1, 0.15) is 6.10 Å². The molecule has 202 valence electrons. The fourth-order valence-electron chi connectivity index (χ4n) is 4.84. The summed E-state index contributed by atoms with van der Waals surface area (Å²) < 4.78 is 25.9. The monoisotopic (exact) mass is 516 g/mol. The Morgan fingerprint density at radius 1 is 0.842 bits per heavy atom. The third-order valence-corrected chi connectivity index (χ3v) is 6.96. The Balaban J connectivity index is 1.51. The molecule has 38 heavy (non-hydrogen) atoms. The van der Waals surface area contributed by atoms with Crippen molar-refractivity contribution in [2.24, 2.45) is 0 Å². The summed E-state index contributed by atoms with van der Waals surface area (Å²) in [5.41, 5.74) is 3.31. The van der Waals surface area contributed by atoms with E-state index in [0.29, 0.717) is 39.1 Å². The van der Waals surface area contributed by atoms with Crippen LogP contribution in [0.5, 0.6) is 0 Å². The van der Waals surface area contributed by atoms with Gasteiger partial charge in [-0.2, -0.15) is 0 Å². The summed E-state index contributed by atoms with van der Waals surface area (Å²) in [6.45, 7) is 7.26. The molecule has 0 saturated carbocycles. The lowest BCUT2D eigenvalue weighted by Gasteiger charge is -2.44. The largest absolute Gasteiger partial charge is 0.393 e. The molecule has 1 aliphatic rings. The molecule has 1 aliphatic heterocycles. The van der Waals surface area contributed by atoms with Crippen molar-refractivity contribution in [1.29, 1.82) is 0 Å². The Hall–Kier alpha value is -2.80. The van der Waals surface area contributed by atoms with Crippen LogP contribution in [0.2, 0.25) is 0 Å². The first-order valence-electron chi connectivity index (χ1n) is 13.5. The standard InChI is InChI=1S/C33H40O5/c1-3-13-29(34)20-32-33(37-24-28-18-11-6-12-19-28)31(36-23-27-16-9-5-10-17-27)21-30(38-32)25(2)35-22-26-14-7-4-8-15-26/h3-12,14-19,25,29-34H,1,13,20-24H2,2H3/t25-,29-,30-,31-,32+,33-/m0/s1. The average Bonchev–Trinajstić information content (AvgIpc) is 2.95. The number of rotatable bonds is 14. The Morgan fingerprint density at radius 3 is 1.92 bits per heavy atom.